The van der Waals surface area contributed by atoms with Gasteiger partial charge in [0.05, 0.1) is 144 Å². The molecule has 0 aromatic rings. The maximum atomic E-state index is 5.46. The molecular weight excluding hydrogens is 488 g/mol. The van der Waals surface area contributed by atoms with Crippen molar-refractivity contribution in [1.29, 1.82) is 0 Å². The SMILES string of the molecule is CC(C)OCCOCCOCCOCCOCCOCCOCCOCCOCCOCCOC(C)C. The molecule has 224 valence electrons. The molecule has 0 unspecified atom stereocenters. The summed E-state index contributed by atoms with van der Waals surface area (Å²) >= 11 is 0. The van der Waals surface area contributed by atoms with E-state index in [2.05, 4.69) is 0 Å². The number of hydrogen-bond acceptors (Lipinski definition) is 11. The summed E-state index contributed by atoms with van der Waals surface area (Å²) in [6.45, 7) is 19.0. The van der Waals surface area contributed by atoms with Gasteiger partial charge >= 0.3 is 0 Å². The standard InChI is InChI=1S/C26H54O11/c1-25(2)36-23-21-34-19-17-32-15-13-30-11-9-28-7-5-27-6-8-29-10-12-31-14-16-33-18-20-35-22-24-37-26(3)4/h25-26H,5-24H2,1-4H3. The Bertz CT molecular complexity index is 378. The first kappa shape index (κ1) is 36.6. The lowest BCUT2D eigenvalue weighted by atomic mass is 10.5. The van der Waals surface area contributed by atoms with Gasteiger partial charge in [-0.25, -0.2) is 0 Å². The van der Waals surface area contributed by atoms with Crippen LogP contribution in [0.25, 0.3) is 0 Å². The quantitative estimate of drug-likeness (QED) is 0.117. The van der Waals surface area contributed by atoms with E-state index in [0.29, 0.717) is 132 Å². The van der Waals surface area contributed by atoms with Gasteiger partial charge < -0.3 is 52.1 Å². The van der Waals surface area contributed by atoms with Gasteiger partial charge in [-0.3, -0.25) is 0 Å². The lowest BCUT2D eigenvalue weighted by molar-refractivity contribution is -0.0295. The molecule has 0 aromatic heterocycles. The maximum Gasteiger partial charge on any atom is 0.0703 e. The van der Waals surface area contributed by atoms with E-state index < -0.39 is 0 Å². The highest BCUT2D eigenvalue weighted by Gasteiger charge is 1.97. The van der Waals surface area contributed by atoms with Gasteiger partial charge in [0.1, 0.15) is 0 Å². The van der Waals surface area contributed by atoms with E-state index in [1.807, 2.05) is 27.7 Å². The monoisotopic (exact) mass is 542 g/mol. The average molecular weight is 543 g/mol. The second-order valence-corrected chi connectivity index (χ2v) is 8.35. The summed E-state index contributed by atoms with van der Waals surface area (Å²) in [6, 6.07) is 0. The third kappa shape index (κ3) is 35.6. The van der Waals surface area contributed by atoms with Gasteiger partial charge in [-0.05, 0) is 27.7 Å². The summed E-state index contributed by atoms with van der Waals surface area (Å²) < 4.78 is 59.7. The molecule has 37 heavy (non-hydrogen) atoms. The molecule has 0 N–H and O–H groups in total. The van der Waals surface area contributed by atoms with Crippen molar-refractivity contribution in [3.05, 3.63) is 0 Å². The zero-order valence-corrected chi connectivity index (χ0v) is 23.8. The Morgan fingerprint density at radius 3 is 0.514 bits per heavy atom. The minimum atomic E-state index is 0.236. The lowest BCUT2D eigenvalue weighted by Gasteiger charge is -2.09. The Labute approximate surface area is 224 Å². The number of hydrogen-bond donors (Lipinski definition) is 0. The van der Waals surface area contributed by atoms with E-state index in [9.17, 15) is 0 Å². The van der Waals surface area contributed by atoms with Crippen molar-refractivity contribution in [2.45, 2.75) is 39.9 Å². The van der Waals surface area contributed by atoms with E-state index in [1.165, 1.54) is 0 Å². The minimum absolute atomic E-state index is 0.236. The van der Waals surface area contributed by atoms with E-state index >= 15 is 0 Å². The zero-order valence-electron chi connectivity index (χ0n) is 23.8. The van der Waals surface area contributed by atoms with Crippen LogP contribution in [0.1, 0.15) is 27.7 Å². The van der Waals surface area contributed by atoms with Gasteiger partial charge in [0.25, 0.3) is 0 Å². The lowest BCUT2D eigenvalue weighted by Crippen LogP contribution is -2.15. The topological polar surface area (TPSA) is 102 Å². The molecular formula is C26H54O11. The summed E-state index contributed by atoms with van der Waals surface area (Å²) in [6.07, 6.45) is 0.471. The van der Waals surface area contributed by atoms with E-state index in [-0.39, 0.29) is 12.2 Å². The molecule has 0 aromatic carbocycles. The van der Waals surface area contributed by atoms with Gasteiger partial charge in [0.2, 0.25) is 0 Å². The van der Waals surface area contributed by atoms with Gasteiger partial charge in [-0.1, -0.05) is 0 Å². The van der Waals surface area contributed by atoms with Crippen LogP contribution in [0.15, 0.2) is 0 Å². The van der Waals surface area contributed by atoms with Crippen molar-refractivity contribution in [2.75, 3.05) is 132 Å². The predicted octanol–water partition coefficient (Wildman–Crippen LogP) is 1.99. The molecule has 0 radical (unpaired) electrons. The molecule has 0 atom stereocenters. The van der Waals surface area contributed by atoms with Crippen molar-refractivity contribution >= 4 is 0 Å². The fourth-order valence-corrected chi connectivity index (χ4v) is 2.55. The largest absolute Gasteiger partial charge is 0.377 e. The van der Waals surface area contributed by atoms with Crippen LogP contribution in [-0.2, 0) is 52.1 Å². The first-order valence-electron chi connectivity index (χ1n) is 13.6. The molecule has 0 saturated carbocycles. The summed E-state index contributed by atoms with van der Waals surface area (Å²) in [7, 11) is 0. The summed E-state index contributed by atoms with van der Waals surface area (Å²) in [4.78, 5) is 0. The molecule has 11 heteroatoms. The molecule has 0 spiro atoms. The van der Waals surface area contributed by atoms with Crippen LogP contribution in [0.2, 0.25) is 0 Å². The Hall–Kier alpha value is -0.440. The van der Waals surface area contributed by atoms with Crippen molar-refractivity contribution in [3.8, 4) is 0 Å². The van der Waals surface area contributed by atoms with Gasteiger partial charge in [0, 0.05) is 0 Å². The van der Waals surface area contributed by atoms with Gasteiger partial charge in [0.15, 0.2) is 0 Å². The highest BCUT2D eigenvalue weighted by atomic mass is 16.6. The van der Waals surface area contributed by atoms with E-state index in [1.54, 1.807) is 0 Å². The van der Waals surface area contributed by atoms with Crippen LogP contribution in [0.4, 0.5) is 0 Å². The highest BCUT2D eigenvalue weighted by molar-refractivity contribution is 4.40. The van der Waals surface area contributed by atoms with Crippen LogP contribution in [-0.4, -0.2) is 144 Å². The Morgan fingerprint density at radius 2 is 0.378 bits per heavy atom. The summed E-state index contributed by atoms with van der Waals surface area (Å²) in [5.74, 6) is 0. The second-order valence-electron chi connectivity index (χ2n) is 8.35. The van der Waals surface area contributed by atoms with E-state index in [4.69, 9.17) is 52.1 Å². The first-order chi connectivity index (χ1) is 18.1. The molecule has 0 amide bonds. The van der Waals surface area contributed by atoms with Crippen molar-refractivity contribution in [1.82, 2.24) is 0 Å². The molecule has 0 aliphatic carbocycles. The van der Waals surface area contributed by atoms with Crippen LogP contribution in [0.5, 0.6) is 0 Å². The van der Waals surface area contributed by atoms with Crippen LogP contribution in [0, 0.1) is 0 Å². The maximum absolute atomic E-state index is 5.46. The minimum Gasteiger partial charge on any atom is -0.377 e. The van der Waals surface area contributed by atoms with Crippen LogP contribution < -0.4 is 0 Å². The Balaban J connectivity index is 3.02. The summed E-state index contributed by atoms with van der Waals surface area (Å²) in [5, 5.41) is 0. The molecule has 0 heterocycles. The normalized spacial score (nSPS) is 11.8. The van der Waals surface area contributed by atoms with Crippen molar-refractivity contribution in [2.24, 2.45) is 0 Å². The summed E-state index contributed by atoms with van der Waals surface area (Å²) in [5.41, 5.74) is 0. The van der Waals surface area contributed by atoms with Crippen molar-refractivity contribution in [3.63, 3.8) is 0 Å². The number of rotatable bonds is 32. The van der Waals surface area contributed by atoms with Gasteiger partial charge in [-0.2, -0.15) is 0 Å². The van der Waals surface area contributed by atoms with E-state index in [0.717, 1.165) is 0 Å². The highest BCUT2D eigenvalue weighted by Crippen LogP contribution is 1.89. The molecule has 0 aliphatic heterocycles. The molecule has 0 aliphatic rings. The molecule has 11 nitrogen and oxygen atoms in total. The molecule has 0 bridgehead atoms. The molecule has 0 rings (SSSR count). The molecule has 0 saturated heterocycles. The third-order valence-corrected chi connectivity index (χ3v) is 4.33. The average Bonchev–Trinajstić information content (AvgIpc) is 2.87. The Kier molecular flexibility index (Phi) is 31.4. The first-order valence-corrected chi connectivity index (χ1v) is 13.6. The van der Waals surface area contributed by atoms with Crippen LogP contribution in [0.3, 0.4) is 0 Å². The molecule has 0 fully saturated rings. The van der Waals surface area contributed by atoms with Crippen LogP contribution >= 0.6 is 0 Å². The fourth-order valence-electron chi connectivity index (χ4n) is 2.55. The third-order valence-electron chi connectivity index (χ3n) is 4.33. The fraction of sp³-hybridized carbons (Fsp3) is 1.00. The smallest absolute Gasteiger partial charge is 0.0703 e. The zero-order chi connectivity index (χ0) is 27.1. The second kappa shape index (κ2) is 31.8. The van der Waals surface area contributed by atoms with Crippen molar-refractivity contribution < 1.29 is 52.1 Å². The predicted molar refractivity (Wildman–Crippen MR) is 140 cm³/mol. The van der Waals surface area contributed by atoms with Gasteiger partial charge in [-0.15, -0.1) is 0 Å². The number of ether oxygens (including phenoxy) is 11. The Morgan fingerprint density at radius 1 is 0.243 bits per heavy atom.